The van der Waals surface area contributed by atoms with Gasteiger partial charge >= 0.3 is 0 Å². The van der Waals surface area contributed by atoms with E-state index in [9.17, 15) is 0 Å². The summed E-state index contributed by atoms with van der Waals surface area (Å²) in [6, 6.07) is 16.5. The predicted octanol–water partition coefficient (Wildman–Crippen LogP) is 4.16. The van der Waals surface area contributed by atoms with E-state index in [2.05, 4.69) is 47.6 Å². The summed E-state index contributed by atoms with van der Waals surface area (Å²) >= 11 is 0. The summed E-state index contributed by atoms with van der Waals surface area (Å²) in [7, 11) is 1.69. The van der Waals surface area contributed by atoms with Crippen LogP contribution in [0.25, 0.3) is 10.9 Å². The highest BCUT2D eigenvalue weighted by Crippen LogP contribution is 2.26. The Morgan fingerprint density at radius 1 is 1.10 bits per heavy atom. The molecule has 0 amide bonds. The molecule has 1 heterocycles. The SMILES string of the molecule is COc1ccc(C)cc1NCc1ccc2ncccc2c1. The van der Waals surface area contributed by atoms with E-state index in [0.717, 1.165) is 28.9 Å². The van der Waals surface area contributed by atoms with Crippen LogP contribution in [0.5, 0.6) is 5.75 Å². The highest BCUT2D eigenvalue weighted by atomic mass is 16.5. The van der Waals surface area contributed by atoms with Crippen LogP contribution in [0.1, 0.15) is 11.1 Å². The van der Waals surface area contributed by atoms with Crippen molar-refractivity contribution in [3.05, 3.63) is 65.9 Å². The molecule has 3 rings (SSSR count). The highest BCUT2D eigenvalue weighted by molar-refractivity contribution is 5.79. The van der Waals surface area contributed by atoms with Crippen LogP contribution < -0.4 is 10.1 Å². The molecule has 0 saturated carbocycles. The lowest BCUT2D eigenvalue weighted by molar-refractivity contribution is 0.416. The first-order valence-electron chi connectivity index (χ1n) is 6.98. The number of hydrogen-bond donors (Lipinski definition) is 1. The number of nitrogens with one attached hydrogen (secondary N) is 1. The molecule has 2 aromatic carbocycles. The van der Waals surface area contributed by atoms with Crippen molar-refractivity contribution in [2.75, 3.05) is 12.4 Å². The van der Waals surface area contributed by atoms with Gasteiger partial charge < -0.3 is 10.1 Å². The van der Waals surface area contributed by atoms with Crippen molar-refractivity contribution in [3.63, 3.8) is 0 Å². The Labute approximate surface area is 124 Å². The first-order valence-corrected chi connectivity index (χ1v) is 6.98. The number of pyridine rings is 1. The maximum absolute atomic E-state index is 5.39. The van der Waals surface area contributed by atoms with Crippen LogP contribution >= 0.6 is 0 Å². The van der Waals surface area contributed by atoms with Crippen LogP contribution in [0.15, 0.2) is 54.7 Å². The third kappa shape index (κ3) is 2.97. The molecule has 1 aromatic heterocycles. The van der Waals surface area contributed by atoms with E-state index in [1.165, 1.54) is 11.1 Å². The molecule has 0 spiro atoms. The lowest BCUT2D eigenvalue weighted by atomic mass is 10.1. The largest absolute Gasteiger partial charge is 0.495 e. The maximum atomic E-state index is 5.39. The van der Waals surface area contributed by atoms with Gasteiger partial charge in [-0.25, -0.2) is 0 Å². The minimum absolute atomic E-state index is 0.755. The Balaban J connectivity index is 1.81. The third-order valence-corrected chi connectivity index (χ3v) is 3.51. The van der Waals surface area contributed by atoms with E-state index in [0.29, 0.717) is 0 Å². The van der Waals surface area contributed by atoms with Crippen molar-refractivity contribution in [1.82, 2.24) is 4.98 Å². The summed E-state index contributed by atoms with van der Waals surface area (Å²) in [5.74, 6) is 0.864. The van der Waals surface area contributed by atoms with Gasteiger partial charge in [-0.05, 0) is 48.4 Å². The second kappa shape index (κ2) is 5.83. The van der Waals surface area contributed by atoms with Crippen molar-refractivity contribution in [2.24, 2.45) is 0 Å². The number of nitrogens with zero attached hydrogens (tertiary/aromatic N) is 1. The van der Waals surface area contributed by atoms with Crippen LogP contribution in [0.2, 0.25) is 0 Å². The zero-order valence-corrected chi connectivity index (χ0v) is 12.3. The first-order chi connectivity index (χ1) is 10.3. The fourth-order valence-corrected chi connectivity index (χ4v) is 2.39. The molecule has 3 heteroatoms. The van der Waals surface area contributed by atoms with Gasteiger partial charge in [-0.3, -0.25) is 4.98 Å². The zero-order valence-electron chi connectivity index (χ0n) is 12.3. The number of rotatable bonds is 4. The minimum Gasteiger partial charge on any atom is -0.495 e. The van der Waals surface area contributed by atoms with Gasteiger partial charge in [-0.1, -0.05) is 18.2 Å². The summed E-state index contributed by atoms with van der Waals surface area (Å²) in [6.45, 7) is 2.83. The number of fused-ring (bicyclic) bond motifs is 1. The molecule has 3 aromatic rings. The molecule has 0 fully saturated rings. The van der Waals surface area contributed by atoms with E-state index < -0.39 is 0 Å². The van der Waals surface area contributed by atoms with Crippen LogP contribution in [0.3, 0.4) is 0 Å². The van der Waals surface area contributed by atoms with E-state index in [1.54, 1.807) is 7.11 Å². The van der Waals surface area contributed by atoms with E-state index in [1.807, 2.05) is 24.4 Å². The molecule has 0 radical (unpaired) electrons. The van der Waals surface area contributed by atoms with E-state index in [4.69, 9.17) is 4.74 Å². The van der Waals surface area contributed by atoms with Crippen LogP contribution in [-0.2, 0) is 6.54 Å². The number of hydrogen-bond acceptors (Lipinski definition) is 3. The second-order valence-corrected chi connectivity index (χ2v) is 5.09. The number of anilines is 1. The molecule has 0 saturated heterocycles. The number of aromatic nitrogens is 1. The highest BCUT2D eigenvalue weighted by Gasteiger charge is 2.03. The summed E-state index contributed by atoms with van der Waals surface area (Å²) in [5, 5.41) is 4.60. The molecule has 0 unspecified atom stereocenters. The standard InChI is InChI=1S/C18H18N2O/c1-13-5-8-18(21-2)17(10-13)20-12-14-6-7-16-15(11-14)4-3-9-19-16/h3-11,20H,12H2,1-2H3. The fourth-order valence-electron chi connectivity index (χ4n) is 2.39. The summed E-state index contributed by atoms with van der Waals surface area (Å²) in [5.41, 5.74) is 4.47. The Kier molecular flexibility index (Phi) is 3.73. The predicted molar refractivity (Wildman–Crippen MR) is 86.8 cm³/mol. The number of methoxy groups -OCH3 is 1. The quantitative estimate of drug-likeness (QED) is 0.778. The second-order valence-electron chi connectivity index (χ2n) is 5.09. The summed E-state index contributed by atoms with van der Waals surface area (Å²) in [4.78, 5) is 4.34. The minimum atomic E-state index is 0.755. The normalized spacial score (nSPS) is 10.6. The average molecular weight is 278 g/mol. The monoisotopic (exact) mass is 278 g/mol. The molecular weight excluding hydrogens is 260 g/mol. The lowest BCUT2D eigenvalue weighted by Crippen LogP contribution is -2.01. The Morgan fingerprint density at radius 3 is 2.86 bits per heavy atom. The van der Waals surface area contributed by atoms with Crippen molar-refractivity contribution < 1.29 is 4.74 Å². The van der Waals surface area contributed by atoms with Crippen LogP contribution in [0.4, 0.5) is 5.69 Å². The molecule has 0 aliphatic carbocycles. The van der Waals surface area contributed by atoms with Crippen molar-refractivity contribution in [2.45, 2.75) is 13.5 Å². The molecular formula is C18H18N2O. The summed E-state index contributed by atoms with van der Waals surface area (Å²) in [6.07, 6.45) is 1.82. The number of ether oxygens (including phenoxy) is 1. The lowest BCUT2D eigenvalue weighted by Gasteiger charge is -2.12. The zero-order chi connectivity index (χ0) is 14.7. The molecule has 0 aliphatic heterocycles. The average Bonchev–Trinajstić information content (AvgIpc) is 2.53. The molecule has 0 bridgehead atoms. The first kappa shape index (κ1) is 13.4. The molecule has 3 nitrogen and oxygen atoms in total. The van der Waals surface area contributed by atoms with Gasteiger partial charge in [0.2, 0.25) is 0 Å². The van der Waals surface area contributed by atoms with Crippen molar-refractivity contribution in [1.29, 1.82) is 0 Å². The molecule has 0 aliphatic rings. The smallest absolute Gasteiger partial charge is 0.141 e. The van der Waals surface area contributed by atoms with Crippen LogP contribution in [0, 0.1) is 6.92 Å². The van der Waals surface area contributed by atoms with E-state index >= 15 is 0 Å². The Morgan fingerprint density at radius 2 is 2.00 bits per heavy atom. The summed E-state index contributed by atoms with van der Waals surface area (Å²) < 4.78 is 5.39. The molecule has 21 heavy (non-hydrogen) atoms. The van der Waals surface area contributed by atoms with Gasteiger partial charge in [0, 0.05) is 18.1 Å². The topological polar surface area (TPSA) is 34.1 Å². The molecule has 0 atom stereocenters. The van der Waals surface area contributed by atoms with Gasteiger partial charge in [-0.2, -0.15) is 0 Å². The fraction of sp³-hybridized carbons (Fsp3) is 0.167. The number of aryl methyl sites for hydroxylation is 1. The van der Waals surface area contributed by atoms with Crippen molar-refractivity contribution >= 4 is 16.6 Å². The van der Waals surface area contributed by atoms with Gasteiger partial charge in [0.15, 0.2) is 0 Å². The van der Waals surface area contributed by atoms with Gasteiger partial charge in [-0.15, -0.1) is 0 Å². The van der Waals surface area contributed by atoms with E-state index in [-0.39, 0.29) is 0 Å². The molecule has 1 N–H and O–H groups in total. The molecule has 106 valence electrons. The van der Waals surface area contributed by atoms with Gasteiger partial charge in [0.05, 0.1) is 18.3 Å². The van der Waals surface area contributed by atoms with Crippen molar-refractivity contribution in [3.8, 4) is 5.75 Å². The van der Waals surface area contributed by atoms with Gasteiger partial charge in [0.25, 0.3) is 0 Å². The third-order valence-electron chi connectivity index (χ3n) is 3.51. The van der Waals surface area contributed by atoms with Gasteiger partial charge in [0.1, 0.15) is 5.75 Å². The maximum Gasteiger partial charge on any atom is 0.141 e. The number of benzene rings is 2. The van der Waals surface area contributed by atoms with Crippen LogP contribution in [-0.4, -0.2) is 12.1 Å². The Hall–Kier alpha value is -2.55. The Bertz CT molecular complexity index is 768.